The van der Waals surface area contributed by atoms with Crippen LogP contribution in [-0.2, 0) is 18.2 Å². The van der Waals surface area contributed by atoms with E-state index >= 15 is 0 Å². The Morgan fingerprint density at radius 2 is 1.79 bits per heavy atom. The number of ether oxygens (including phenoxy) is 1. The minimum absolute atomic E-state index is 0.138. The van der Waals surface area contributed by atoms with Crippen LogP contribution in [0.4, 0.5) is 0 Å². The van der Waals surface area contributed by atoms with Gasteiger partial charge in [0.05, 0.1) is 13.7 Å². The molecular formula is C25H26ClN3O4. The molecule has 0 aliphatic rings. The van der Waals surface area contributed by atoms with Crippen molar-refractivity contribution in [2.75, 3.05) is 20.2 Å². The number of carbonyl (C=O) groups is 3. The summed E-state index contributed by atoms with van der Waals surface area (Å²) in [5.74, 6) is -1.05. The molecule has 0 atom stereocenters. The SMILES string of the molecule is COC(=O)c1c(C)c(C(=O)CN(CCc2ccccn2)C(=O)c2ccc(Cl)cc2)c(C)n1C. The lowest BCUT2D eigenvalue weighted by Gasteiger charge is -2.22. The first kappa shape index (κ1) is 24.2. The van der Waals surface area contributed by atoms with Crippen molar-refractivity contribution >= 4 is 29.3 Å². The van der Waals surface area contributed by atoms with E-state index in [0.29, 0.717) is 46.1 Å². The van der Waals surface area contributed by atoms with Crippen LogP contribution >= 0.6 is 11.6 Å². The number of halogens is 1. The molecule has 0 saturated heterocycles. The van der Waals surface area contributed by atoms with Crippen LogP contribution in [0, 0.1) is 13.8 Å². The minimum Gasteiger partial charge on any atom is -0.464 e. The Morgan fingerprint density at radius 1 is 1.09 bits per heavy atom. The van der Waals surface area contributed by atoms with E-state index in [1.807, 2.05) is 18.2 Å². The summed E-state index contributed by atoms with van der Waals surface area (Å²) in [6.45, 7) is 3.65. The zero-order valence-corrected chi connectivity index (χ0v) is 19.8. The van der Waals surface area contributed by atoms with E-state index in [2.05, 4.69) is 4.98 Å². The molecule has 172 valence electrons. The summed E-state index contributed by atoms with van der Waals surface area (Å²) in [7, 11) is 3.01. The molecule has 1 amide bonds. The molecule has 0 aliphatic heterocycles. The van der Waals surface area contributed by atoms with Crippen molar-refractivity contribution in [3.63, 3.8) is 0 Å². The molecule has 33 heavy (non-hydrogen) atoms. The summed E-state index contributed by atoms with van der Waals surface area (Å²) in [5.41, 5.74) is 3.17. The summed E-state index contributed by atoms with van der Waals surface area (Å²) in [6, 6.07) is 12.1. The number of hydrogen-bond donors (Lipinski definition) is 0. The van der Waals surface area contributed by atoms with Gasteiger partial charge in [-0.15, -0.1) is 0 Å². The van der Waals surface area contributed by atoms with Gasteiger partial charge in [0.1, 0.15) is 5.69 Å². The minimum atomic E-state index is -0.513. The second kappa shape index (κ2) is 10.4. The van der Waals surface area contributed by atoms with Gasteiger partial charge in [-0.2, -0.15) is 0 Å². The highest BCUT2D eigenvalue weighted by atomic mass is 35.5. The number of amides is 1. The van der Waals surface area contributed by atoms with Crippen LogP contribution < -0.4 is 0 Å². The molecule has 3 rings (SSSR count). The fraction of sp³-hybridized carbons (Fsp3) is 0.280. The van der Waals surface area contributed by atoms with Gasteiger partial charge in [-0.25, -0.2) is 4.79 Å². The number of esters is 1. The topological polar surface area (TPSA) is 81.5 Å². The highest BCUT2D eigenvalue weighted by Crippen LogP contribution is 2.23. The van der Waals surface area contributed by atoms with Crippen LogP contribution in [0.1, 0.15) is 48.2 Å². The van der Waals surface area contributed by atoms with Crippen LogP contribution in [0.5, 0.6) is 0 Å². The Labute approximate surface area is 197 Å². The molecule has 0 fully saturated rings. The fourth-order valence-electron chi connectivity index (χ4n) is 3.85. The summed E-state index contributed by atoms with van der Waals surface area (Å²) in [4.78, 5) is 44.7. The highest BCUT2D eigenvalue weighted by Gasteiger charge is 2.27. The monoisotopic (exact) mass is 467 g/mol. The number of Topliss-reactive ketones (excluding diaryl/α,β-unsaturated/α-hetero) is 1. The molecule has 0 aliphatic carbocycles. The summed E-state index contributed by atoms with van der Waals surface area (Å²) >= 11 is 5.96. The molecule has 0 unspecified atom stereocenters. The number of methoxy groups -OCH3 is 1. The van der Waals surface area contributed by atoms with Gasteiger partial charge in [0.2, 0.25) is 0 Å². The van der Waals surface area contributed by atoms with E-state index in [9.17, 15) is 14.4 Å². The standard InChI is InChI=1S/C25H26ClN3O4/c1-16-22(17(2)28(3)23(16)25(32)33-4)21(30)15-29(14-12-20-7-5-6-13-27-20)24(31)18-8-10-19(26)11-9-18/h5-11,13H,12,14-15H2,1-4H3. The summed E-state index contributed by atoms with van der Waals surface area (Å²) < 4.78 is 6.51. The third-order valence-corrected chi connectivity index (χ3v) is 5.92. The fourth-order valence-corrected chi connectivity index (χ4v) is 3.98. The Kier molecular flexibility index (Phi) is 7.66. The summed E-state index contributed by atoms with van der Waals surface area (Å²) in [5, 5.41) is 0.522. The van der Waals surface area contributed by atoms with E-state index in [1.165, 1.54) is 12.0 Å². The van der Waals surface area contributed by atoms with Crippen molar-refractivity contribution in [2.45, 2.75) is 20.3 Å². The average Bonchev–Trinajstić information content (AvgIpc) is 3.04. The van der Waals surface area contributed by atoms with Crippen LogP contribution in [0.25, 0.3) is 0 Å². The van der Waals surface area contributed by atoms with Crippen LogP contribution in [0.15, 0.2) is 48.7 Å². The van der Waals surface area contributed by atoms with Crippen molar-refractivity contribution in [1.29, 1.82) is 0 Å². The molecule has 3 aromatic rings. The Balaban J connectivity index is 1.90. The van der Waals surface area contributed by atoms with Crippen molar-refractivity contribution in [3.05, 3.63) is 87.5 Å². The molecular weight excluding hydrogens is 442 g/mol. The molecule has 2 aromatic heterocycles. The lowest BCUT2D eigenvalue weighted by molar-refractivity contribution is 0.0588. The molecule has 0 N–H and O–H groups in total. The van der Waals surface area contributed by atoms with Crippen LogP contribution in [-0.4, -0.2) is 52.3 Å². The zero-order valence-electron chi connectivity index (χ0n) is 19.1. The molecule has 0 saturated carbocycles. The normalized spacial score (nSPS) is 10.7. The number of nitrogens with zero attached hydrogens (tertiary/aromatic N) is 3. The maximum absolute atomic E-state index is 13.4. The van der Waals surface area contributed by atoms with Crippen molar-refractivity contribution in [1.82, 2.24) is 14.5 Å². The van der Waals surface area contributed by atoms with Gasteiger partial charge in [-0.1, -0.05) is 17.7 Å². The molecule has 0 spiro atoms. The molecule has 7 nitrogen and oxygen atoms in total. The Bertz CT molecular complexity index is 1170. The van der Waals surface area contributed by atoms with Gasteiger partial charge in [0, 0.05) is 53.7 Å². The number of benzene rings is 1. The second-order valence-electron chi connectivity index (χ2n) is 7.71. The summed E-state index contributed by atoms with van der Waals surface area (Å²) in [6.07, 6.45) is 2.19. The van der Waals surface area contributed by atoms with E-state index < -0.39 is 5.97 Å². The maximum Gasteiger partial charge on any atom is 0.354 e. The number of pyridine rings is 1. The Hall–Kier alpha value is -3.45. The predicted molar refractivity (Wildman–Crippen MR) is 126 cm³/mol. The van der Waals surface area contributed by atoms with Gasteiger partial charge < -0.3 is 14.2 Å². The van der Waals surface area contributed by atoms with Gasteiger partial charge in [0.25, 0.3) is 5.91 Å². The third kappa shape index (κ3) is 5.31. The Morgan fingerprint density at radius 3 is 2.39 bits per heavy atom. The van der Waals surface area contributed by atoms with E-state index in [-0.39, 0.29) is 18.2 Å². The maximum atomic E-state index is 13.4. The number of ketones is 1. The molecule has 1 aromatic carbocycles. The smallest absolute Gasteiger partial charge is 0.354 e. The van der Waals surface area contributed by atoms with Crippen LogP contribution in [0.3, 0.4) is 0 Å². The van der Waals surface area contributed by atoms with Crippen LogP contribution in [0.2, 0.25) is 5.02 Å². The first-order chi connectivity index (χ1) is 15.7. The lowest BCUT2D eigenvalue weighted by atomic mass is 10.0. The van der Waals surface area contributed by atoms with Gasteiger partial charge in [0.15, 0.2) is 5.78 Å². The number of aromatic nitrogens is 2. The number of carbonyl (C=O) groups excluding carboxylic acids is 3. The van der Waals surface area contributed by atoms with Gasteiger partial charge in [-0.3, -0.25) is 14.6 Å². The number of hydrogen-bond acceptors (Lipinski definition) is 5. The first-order valence-electron chi connectivity index (χ1n) is 10.5. The molecule has 2 heterocycles. The highest BCUT2D eigenvalue weighted by molar-refractivity contribution is 6.30. The van der Waals surface area contributed by atoms with Crippen molar-refractivity contribution in [3.8, 4) is 0 Å². The molecule has 0 bridgehead atoms. The van der Waals surface area contributed by atoms with Gasteiger partial charge >= 0.3 is 5.97 Å². The quantitative estimate of drug-likeness (QED) is 0.369. The number of rotatable bonds is 8. The van der Waals surface area contributed by atoms with E-state index in [4.69, 9.17) is 16.3 Å². The third-order valence-electron chi connectivity index (χ3n) is 5.66. The van der Waals surface area contributed by atoms with E-state index in [1.54, 1.807) is 55.9 Å². The molecule has 0 radical (unpaired) electrons. The van der Waals surface area contributed by atoms with Crippen molar-refractivity contribution < 1.29 is 19.1 Å². The predicted octanol–water partition coefficient (Wildman–Crippen LogP) is 4.04. The van der Waals surface area contributed by atoms with Crippen molar-refractivity contribution in [2.24, 2.45) is 7.05 Å². The zero-order chi connectivity index (χ0) is 24.1. The van der Waals surface area contributed by atoms with Gasteiger partial charge in [-0.05, 0) is 55.8 Å². The molecule has 8 heteroatoms. The second-order valence-corrected chi connectivity index (χ2v) is 8.15. The van der Waals surface area contributed by atoms with E-state index in [0.717, 1.165) is 5.69 Å². The average molecular weight is 468 g/mol. The lowest BCUT2D eigenvalue weighted by Crippen LogP contribution is -2.37. The largest absolute Gasteiger partial charge is 0.464 e. The first-order valence-corrected chi connectivity index (χ1v) is 10.8.